The summed E-state index contributed by atoms with van der Waals surface area (Å²) in [5, 5.41) is 20.2. The maximum Gasteiger partial charge on any atom is 0.491 e. The number of rotatable bonds is 8. The van der Waals surface area contributed by atoms with E-state index in [0.29, 0.717) is 5.69 Å². The molecule has 0 saturated heterocycles. The van der Waals surface area contributed by atoms with Gasteiger partial charge in [0.1, 0.15) is 17.5 Å². The SMILES string of the molecule is N=C(N)Nc1ccc(C(=O)Oc2ccc(OC(=O)N[C@@H](CC(=O)O)C(=O)OC(=O)C(F)(F)F)cc2)cc1. The van der Waals surface area contributed by atoms with Crippen molar-refractivity contribution in [1.82, 2.24) is 5.32 Å². The molecule has 0 aromatic heterocycles. The van der Waals surface area contributed by atoms with Crippen molar-refractivity contribution in [2.24, 2.45) is 5.73 Å². The first kappa shape index (κ1) is 28.1. The lowest BCUT2D eigenvalue weighted by molar-refractivity contribution is -0.202. The standard InChI is InChI=1S/C21H17F3N4O9/c22-21(23,24)18(33)37-17(32)14(9-15(29)30)28-20(34)36-13-7-5-12(6-8-13)35-16(31)10-1-3-11(4-2-10)27-19(25)26/h1-8,14H,9H2,(H,28,34)(H,29,30)(H4,25,26,27)/t14-/m0/s1. The maximum absolute atomic E-state index is 12.3. The van der Waals surface area contributed by atoms with Crippen LogP contribution in [0.1, 0.15) is 16.8 Å². The normalized spacial score (nSPS) is 11.4. The molecule has 16 heteroatoms. The smallest absolute Gasteiger partial charge is 0.481 e. The molecule has 0 saturated carbocycles. The monoisotopic (exact) mass is 526 g/mol. The molecule has 0 aliphatic rings. The molecule has 2 rings (SSSR count). The summed E-state index contributed by atoms with van der Waals surface area (Å²) < 4.78 is 50.2. The Morgan fingerprint density at radius 1 is 0.946 bits per heavy atom. The molecule has 1 amide bonds. The fourth-order valence-electron chi connectivity index (χ4n) is 2.45. The summed E-state index contributed by atoms with van der Waals surface area (Å²) in [6.07, 6.45) is -8.18. The molecule has 13 nitrogen and oxygen atoms in total. The lowest BCUT2D eigenvalue weighted by Crippen LogP contribution is -2.46. The molecule has 0 heterocycles. The van der Waals surface area contributed by atoms with Crippen molar-refractivity contribution in [2.75, 3.05) is 5.32 Å². The largest absolute Gasteiger partial charge is 0.491 e. The molecule has 37 heavy (non-hydrogen) atoms. The van der Waals surface area contributed by atoms with Gasteiger partial charge in [-0.3, -0.25) is 10.2 Å². The summed E-state index contributed by atoms with van der Waals surface area (Å²) >= 11 is 0. The van der Waals surface area contributed by atoms with Gasteiger partial charge in [-0.1, -0.05) is 0 Å². The highest BCUT2D eigenvalue weighted by molar-refractivity contribution is 5.95. The van der Waals surface area contributed by atoms with Crippen LogP contribution < -0.4 is 25.8 Å². The van der Waals surface area contributed by atoms with Gasteiger partial charge in [0.25, 0.3) is 0 Å². The van der Waals surface area contributed by atoms with Gasteiger partial charge in [-0.2, -0.15) is 13.2 Å². The number of amides is 1. The Hall–Kier alpha value is -5.15. The predicted molar refractivity (Wildman–Crippen MR) is 116 cm³/mol. The zero-order chi connectivity index (χ0) is 27.8. The van der Waals surface area contributed by atoms with Crippen LogP contribution in [0.25, 0.3) is 0 Å². The van der Waals surface area contributed by atoms with Crippen LogP contribution in [0.3, 0.4) is 0 Å². The van der Waals surface area contributed by atoms with Crippen molar-refractivity contribution in [3.05, 3.63) is 54.1 Å². The number of anilines is 1. The Balaban J connectivity index is 1.97. The van der Waals surface area contributed by atoms with Crippen LogP contribution in [-0.2, 0) is 19.1 Å². The molecule has 0 spiro atoms. The molecule has 2 aromatic rings. The van der Waals surface area contributed by atoms with Crippen molar-refractivity contribution in [3.63, 3.8) is 0 Å². The van der Waals surface area contributed by atoms with Gasteiger partial charge >= 0.3 is 36.1 Å². The van der Waals surface area contributed by atoms with Gasteiger partial charge in [-0.15, -0.1) is 0 Å². The van der Waals surface area contributed by atoms with E-state index in [0.717, 1.165) is 12.1 Å². The van der Waals surface area contributed by atoms with E-state index in [2.05, 4.69) is 10.1 Å². The number of hydrogen-bond acceptors (Lipinski definition) is 9. The number of ether oxygens (including phenoxy) is 3. The molecule has 0 radical (unpaired) electrons. The summed E-state index contributed by atoms with van der Waals surface area (Å²) in [5.41, 5.74) is 5.83. The van der Waals surface area contributed by atoms with Crippen molar-refractivity contribution in [3.8, 4) is 11.5 Å². The molecule has 0 bridgehead atoms. The highest BCUT2D eigenvalue weighted by Crippen LogP contribution is 2.20. The summed E-state index contributed by atoms with van der Waals surface area (Å²) in [6, 6.07) is 8.37. The second-order valence-electron chi connectivity index (χ2n) is 6.87. The van der Waals surface area contributed by atoms with Crippen LogP contribution in [0.4, 0.5) is 23.7 Å². The number of guanidine groups is 1. The first-order valence-corrected chi connectivity index (χ1v) is 9.81. The molecule has 0 unspecified atom stereocenters. The predicted octanol–water partition coefficient (Wildman–Crippen LogP) is 1.77. The number of benzene rings is 2. The minimum absolute atomic E-state index is 0.0293. The maximum atomic E-state index is 12.3. The fraction of sp³-hybridized carbons (Fsp3) is 0.143. The van der Waals surface area contributed by atoms with Crippen LogP contribution in [-0.4, -0.2) is 53.3 Å². The number of carbonyl (C=O) groups is 5. The second-order valence-corrected chi connectivity index (χ2v) is 6.87. The number of halogens is 3. The van der Waals surface area contributed by atoms with Crippen LogP contribution in [0.2, 0.25) is 0 Å². The lowest BCUT2D eigenvalue weighted by atomic mass is 10.2. The average Bonchev–Trinajstić information content (AvgIpc) is 2.79. The van der Waals surface area contributed by atoms with Gasteiger partial charge in [0.2, 0.25) is 0 Å². The van der Waals surface area contributed by atoms with Crippen LogP contribution in [0.5, 0.6) is 11.5 Å². The van der Waals surface area contributed by atoms with Crippen molar-refractivity contribution >= 4 is 41.6 Å². The summed E-state index contributed by atoms with van der Waals surface area (Å²) in [4.78, 5) is 57.6. The van der Waals surface area contributed by atoms with Crippen LogP contribution in [0, 0.1) is 5.41 Å². The molecule has 0 aliphatic heterocycles. The van der Waals surface area contributed by atoms with E-state index in [-0.39, 0.29) is 23.0 Å². The zero-order valence-electron chi connectivity index (χ0n) is 18.3. The number of carbonyl (C=O) groups excluding carboxylic acids is 4. The summed E-state index contributed by atoms with van der Waals surface area (Å²) in [5.74, 6) is -7.75. The number of nitrogens with two attached hydrogens (primary N) is 1. The molecular formula is C21H17F3N4O9. The average molecular weight is 526 g/mol. The van der Waals surface area contributed by atoms with Crippen LogP contribution in [0.15, 0.2) is 48.5 Å². The van der Waals surface area contributed by atoms with E-state index in [1.54, 1.807) is 5.32 Å². The minimum Gasteiger partial charge on any atom is -0.481 e. The second kappa shape index (κ2) is 12.0. The molecular weight excluding hydrogens is 509 g/mol. The first-order chi connectivity index (χ1) is 17.2. The van der Waals surface area contributed by atoms with Gasteiger partial charge in [-0.05, 0) is 48.5 Å². The number of esters is 3. The third kappa shape index (κ3) is 9.19. The Bertz CT molecular complexity index is 1200. The fourth-order valence-corrected chi connectivity index (χ4v) is 2.45. The van der Waals surface area contributed by atoms with Gasteiger partial charge < -0.3 is 35.7 Å². The molecule has 6 N–H and O–H groups in total. The Kier molecular flexibility index (Phi) is 9.11. The lowest BCUT2D eigenvalue weighted by Gasteiger charge is -2.15. The van der Waals surface area contributed by atoms with E-state index < -0.39 is 48.6 Å². The van der Waals surface area contributed by atoms with E-state index in [1.165, 1.54) is 36.4 Å². The number of carboxylic acids is 1. The zero-order valence-corrected chi connectivity index (χ0v) is 18.3. The number of nitrogens with one attached hydrogen (secondary N) is 3. The van der Waals surface area contributed by atoms with Crippen molar-refractivity contribution in [1.29, 1.82) is 5.41 Å². The Morgan fingerprint density at radius 3 is 1.97 bits per heavy atom. The summed E-state index contributed by atoms with van der Waals surface area (Å²) in [6.45, 7) is 0. The Labute approximate surface area is 204 Å². The quantitative estimate of drug-likeness (QED) is 0.110. The molecule has 1 atom stereocenters. The number of carboxylic acid groups (broad SMARTS) is 1. The third-order valence-corrected chi connectivity index (χ3v) is 4.02. The number of alkyl halides is 3. The van der Waals surface area contributed by atoms with E-state index in [4.69, 9.17) is 25.7 Å². The first-order valence-electron chi connectivity index (χ1n) is 9.81. The van der Waals surface area contributed by atoms with Crippen molar-refractivity contribution < 1.29 is 56.5 Å². The number of aliphatic carboxylic acids is 1. The van der Waals surface area contributed by atoms with Gasteiger partial charge in [0, 0.05) is 5.69 Å². The topological polar surface area (TPSA) is 207 Å². The minimum atomic E-state index is -5.52. The van der Waals surface area contributed by atoms with Crippen LogP contribution >= 0.6 is 0 Å². The Morgan fingerprint density at radius 2 is 1.49 bits per heavy atom. The molecule has 0 aliphatic carbocycles. The van der Waals surface area contributed by atoms with E-state index in [1.807, 2.05) is 0 Å². The molecule has 0 fully saturated rings. The van der Waals surface area contributed by atoms with E-state index in [9.17, 15) is 37.1 Å². The van der Waals surface area contributed by atoms with Gasteiger partial charge in [0.05, 0.1) is 12.0 Å². The molecule has 196 valence electrons. The van der Waals surface area contributed by atoms with Crippen molar-refractivity contribution in [2.45, 2.75) is 18.6 Å². The molecule has 2 aromatic carbocycles. The van der Waals surface area contributed by atoms with Gasteiger partial charge in [0.15, 0.2) is 5.96 Å². The highest BCUT2D eigenvalue weighted by Gasteiger charge is 2.43. The van der Waals surface area contributed by atoms with E-state index >= 15 is 0 Å². The number of hydrogen-bond donors (Lipinski definition) is 5. The van der Waals surface area contributed by atoms with Gasteiger partial charge in [-0.25, -0.2) is 19.2 Å². The summed E-state index contributed by atoms with van der Waals surface area (Å²) in [7, 11) is 0. The highest BCUT2D eigenvalue weighted by atomic mass is 19.4. The third-order valence-electron chi connectivity index (χ3n) is 4.02.